The summed E-state index contributed by atoms with van der Waals surface area (Å²) in [6, 6.07) is 9.42. The molecule has 0 atom stereocenters. The number of ether oxygens (including phenoxy) is 1. The molecule has 0 aliphatic carbocycles. The molecular formula is C9H6BrIO2. The van der Waals surface area contributed by atoms with E-state index in [-0.39, 0.29) is 0 Å². The highest BCUT2D eigenvalue weighted by Crippen LogP contribution is 2.27. The first kappa shape index (κ1) is 10.7. The molecule has 0 saturated heterocycles. The van der Waals surface area contributed by atoms with Crippen molar-refractivity contribution in [3.8, 4) is 0 Å². The quantitative estimate of drug-likeness (QED) is 0.474. The van der Waals surface area contributed by atoms with E-state index in [1.807, 2.05) is 52.9 Å². The summed E-state index contributed by atoms with van der Waals surface area (Å²) in [5, 5.41) is 0. The maximum Gasteiger partial charge on any atom is 0.298 e. The predicted octanol–water partition coefficient (Wildman–Crippen LogP) is 3.32. The van der Waals surface area contributed by atoms with Gasteiger partial charge in [0.1, 0.15) is 0 Å². The van der Waals surface area contributed by atoms with Gasteiger partial charge in [-0.15, -0.1) is 0 Å². The van der Waals surface area contributed by atoms with Gasteiger partial charge < -0.3 is 4.74 Å². The van der Waals surface area contributed by atoms with E-state index < -0.39 is 0 Å². The molecule has 0 saturated carbocycles. The number of hydrogen-bond donors (Lipinski definition) is 0. The van der Waals surface area contributed by atoms with Crippen molar-refractivity contribution in [3.63, 3.8) is 0 Å². The molecule has 68 valence electrons. The normalized spacial score (nSPS) is 11.8. The minimum Gasteiger partial charge on any atom is -0.426 e. The summed E-state index contributed by atoms with van der Waals surface area (Å²) in [4.78, 5) is 10.2. The van der Waals surface area contributed by atoms with Crippen LogP contribution in [0.4, 0.5) is 0 Å². The van der Waals surface area contributed by atoms with E-state index in [0.29, 0.717) is 12.2 Å². The van der Waals surface area contributed by atoms with Crippen LogP contribution in [-0.2, 0) is 9.53 Å². The monoisotopic (exact) mass is 352 g/mol. The summed E-state index contributed by atoms with van der Waals surface area (Å²) in [6.07, 6.45) is 0. The van der Waals surface area contributed by atoms with Gasteiger partial charge >= 0.3 is 0 Å². The molecule has 0 unspecified atom stereocenters. The van der Waals surface area contributed by atoms with Gasteiger partial charge in [0.15, 0.2) is 5.76 Å². The Morgan fingerprint density at radius 1 is 1.38 bits per heavy atom. The van der Waals surface area contributed by atoms with Gasteiger partial charge in [-0.05, 0) is 38.5 Å². The Morgan fingerprint density at radius 2 is 2.00 bits per heavy atom. The molecule has 2 nitrogen and oxygen atoms in total. The Bertz CT molecular complexity index is 318. The molecule has 0 heterocycles. The van der Waals surface area contributed by atoms with Crippen LogP contribution in [0.1, 0.15) is 5.56 Å². The van der Waals surface area contributed by atoms with Crippen molar-refractivity contribution < 1.29 is 9.53 Å². The third kappa shape index (κ3) is 3.11. The van der Waals surface area contributed by atoms with E-state index in [1.54, 1.807) is 0 Å². The number of rotatable bonds is 3. The first-order valence-corrected chi connectivity index (χ1v) is 5.34. The smallest absolute Gasteiger partial charge is 0.298 e. The van der Waals surface area contributed by atoms with Crippen LogP contribution in [0.5, 0.6) is 0 Å². The topological polar surface area (TPSA) is 26.3 Å². The second kappa shape index (κ2) is 5.39. The molecule has 0 aromatic heterocycles. The molecule has 0 aliphatic rings. The molecule has 0 aliphatic heterocycles. The van der Waals surface area contributed by atoms with E-state index >= 15 is 0 Å². The van der Waals surface area contributed by atoms with Gasteiger partial charge in [-0.25, -0.2) is 0 Å². The molecule has 0 N–H and O–H groups in total. The predicted molar refractivity (Wildman–Crippen MR) is 63.5 cm³/mol. The molecule has 0 amide bonds. The number of halogens is 2. The van der Waals surface area contributed by atoms with Crippen molar-refractivity contribution in [1.29, 1.82) is 0 Å². The van der Waals surface area contributed by atoms with Crippen LogP contribution in [0.25, 0.3) is 5.76 Å². The van der Waals surface area contributed by atoms with E-state index in [2.05, 4.69) is 15.9 Å². The molecule has 13 heavy (non-hydrogen) atoms. The minimum absolute atomic E-state index is 0.419. The van der Waals surface area contributed by atoms with Gasteiger partial charge in [-0.2, -0.15) is 0 Å². The Hall–Kier alpha value is -0.360. The summed E-state index contributed by atoms with van der Waals surface area (Å²) < 4.78 is 5.60. The fourth-order valence-electron chi connectivity index (χ4n) is 0.859. The lowest BCUT2D eigenvalue weighted by atomic mass is 10.2. The zero-order valence-electron chi connectivity index (χ0n) is 6.54. The summed E-state index contributed by atoms with van der Waals surface area (Å²) in [6.45, 7) is 0.419. The second-order valence-electron chi connectivity index (χ2n) is 2.17. The minimum atomic E-state index is 0.419. The van der Waals surface area contributed by atoms with Gasteiger partial charge in [0, 0.05) is 5.56 Å². The van der Waals surface area contributed by atoms with Crippen molar-refractivity contribution in [1.82, 2.24) is 0 Å². The standard InChI is InChI=1S/C9H6BrIO2/c10-9(11)8(13-6-12)7-4-2-1-3-5-7/h1-6H/b9-8+. The van der Waals surface area contributed by atoms with E-state index in [1.165, 1.54) is 0 Å². The number of hydrogen-bond acceptors (Lipinski definition) is 2. The van der Waals surface area contributed by atoms with Crippen LogP contribution in [0, 0.1) is 0 Å². The van der Waals surface area contributed by atoms with Crippen LogP contribution < -0.4 is 0 Å². The third-order valence-corrected chi connectivity index (χ3v) is 2.22. The molecule has 0 bridgehead atoms. The lowest BCUT2D eigenvalue weighted by Gasteiger charge is -2.04. The van der Waals surface area contributed by atoms with Gasteiger partial charge in [0.05, 0.1) is 2.49 Å². The van der Waals surface area contributed by atoms with Gasteiger partial charge in [-0.3, -0.25) is 4.79 Å². The maximum atomic E-state index is 10.2. The summed E-state index contributed by atoms with van der Waals surface area (Å²) in [7, 11) is 0. The van der Waals surface area contributed by atoms with E-state index in [4.69, 9.17) is 4.74 Å². The lowest BCUT2D eigenvalue weighted by molar-refractivity contribution is -0.122. The van der Waals surface area contributed by atoms with Crippen LogP contribution >= 0.6 is 38.5 Å². The zero-order chi connectivity index (χ0) is 9.68. The zero-order valence-corrected chi connectivity index (χ0v) is 10.3. The molecule has 1 aromatic carbocycles. The Balaban J connectivity index is 3.04. The fourth-order valence-corrected chi connectivity index (χ4v) is 1.62. The molecule has 1 aromatic rings. The second-order valence-corrected chi connectivity index (χ2v) is 5.52. The van der Waals surface area contributed by atoms with Crippen LogP contribution in [0.15, 0.2) is 32.8 Å². The summed E-state index contributed by atoms with van der Waals surface area (Å²) in [5.74, 6) is 0.538. The maximum absolute atomic E-state index is 10.2. The molecule has 0 radical (unpaired) electrons. The van der Waals surface area contributed by atoms with E-state index in [9.17, 15) is 4.79 Å². The highest BCUT2D eigenvalue weighted by atomic mass is 127. The van der Waals surface area contributed by atoms with Gasteiger partial charge in [0.2, 0.25) is 0 Å². The average Bonchev–Trinajstić information content (AvgIpc) is 2.15. The van der Waals surface area contributed by atoms with Crippen LogP contribution in [-0.4, -0.2) is 6.47 Å². The number of benzene rings is 1. The molecule has 1 rings (SSSR count). The Kier molecular flexibility index (Phi) is 4.44. The van der Waals surface area contributed by atoms with Gasteiger partial charge in [-0.1, -0.05) is 30.3 Å². The fraction of sp³-hybridized carbons (Fsp3) is 0. The van der Waals surface area contributed by atoms with E-state index in [0.717, 1.165) is 8.05 Å². The summed E-state index contributed by atoms with van der Waals surface area (Å²) in [5.41, 5.74) is 0.871. The number of carbonyl (C=O) groups is 1. The first-order valence-electron chi connectivity index (χ1n) is 3.46. The van der Waals surface area contributed by atoms with Crippen LogP contribution in [0.2, 0.25) is 0 Å². The van der Waals surface area contributed by atoms with Crippen LogP contribution in [0.3, 0.4) is 0 Å². The van der Waals surface area contributed by atoms with Crippen molar-refractivity contribution in [2.45, 2.75) is 0 Å². The average molecular weight is 353 g/mol. The highest BCUT2D eigenvalue weighted by Gasteiger charge is 2.05. The SMILES string of the molecule is O=CO/C(=C(\Br)I)c1ccccc1. The molecule has 0 spiro atoms. The first-order chi connectivity index (χ1) is 6.25. The molecule has 0 fully saturated rings. The molecule has 4 heteroatoms. The number of carbonyl (C=O) groups excluding carboxylic acids is 1. The summed E-state index contributed by atoms with van der Waals surface area (Å²) >= 11 is 5.30. The highest BCUT2D eigenvalue weighted by molar-refractivity contribution is 14.1. The Morgan fingerprint density at radius 3 is 2.46 bits per heavy atom. The Labute approximate surface area is 98.2 Å². The largest absolute Gasteiger partial charge is 0.426 e. The van der Waals surface area contributed by atoms with Crippen molar-refractivity contribution in [3.05, 3.63) is 38.4 Å². The lowest BCUT2D eigenvalue weighted by Crippen LogP contribution is -1.89. The molecular weight excluding hydrogens is 347 g/mol. The third-order valence-electron chi connectivity index (χ3n) is 1.37. The van der Waals surface area contributed by atoms with Gasteiger partial charge in [0.25, 0.3) is 6.47 Å². The van der Waals surface area contributed by atoms with Crippen molar-refractivity contribution in [2.24, 2.45) is 0 Å². The van der Waals surface area contributed by atoms with Crippen molar-refractivity contribution >= 4 is 50.8 Å². The van der Waals surface area contributed by atoms with Crippen molar-refractivity contribution in [2.75, 3.05) is 0 Å².